The maximum absolute atomic E-state index is 13.8. The van der Waals surface area contributed by atoms with Crippen molar-refractivity contribution in [1.29, 1.82) is 0 Å². The van der Waals surface area contributed by atoms with E-state index in [2.05, 4.69) is 36.0 Å². The quantitative estimate of drug-likeness (QED) is 0.277. The van der Waals surface area contributed by atoms with Gasteiger partial charge in [-0.05, 0) is 49.3 Å². The number of aromatic nitrogens is 5. The number of hydrogen-bond donors (Lipinski definition) is 3. The zero-order valence-corrected chi connectivity index (χ0v) is 29.2. The highest BCUT2D eigenvalue weighted by Gasteiger charge is 2.30. The molecule has 0 spiro atoms. The van der Waals surface area contributed by atoms with E-state index in [0.29, 0.717) is 35.1 Å². The van der Waals surface area contributed by atoms with Gasteiger partial charge in [0.05, 0.1) is 18.6 Å². The van der Waals surface area contributed by atoms with Crippen LogP contribution < -0.4 is 16.0 Å². The van der Waals surface area contributed by atoms with Crippen LogP contribution in [0.25, 0.3) is 0 Å². The molecule has 3 N–H and O–H groups in total. The van der Waals surface area contributed by atoms with E-state index in [4.69, 9.17) is 0 Å². The molecule has 1 aliphatic rings. The summed E-state index contributed by atoms with van der Waals surface area (Å²) in [7, 11) is 0. The van der Waals surface area contributed by atoms with Gasteiger partial charge >= 0.3 is 0 Å². The van der Waals surface area contributed by atoms with Gasteiger partial charge in [0.25, 0.3) is 11.8 Å². The second-order valence-corrected chi connectivity index (χ2v) is 13.9. The molecule has 0 aliphatic carbocycles. The number of rotatable bonds is 6. The molecule has 3 aromatic heterocycles. The van der Waals surface area contributed by atoms with E-state index >= 15 is 0 Å². The molecule has 4 aromatic rings. The number of fused-ring (bicyclic) bond motifs is 3. The molecule has 258 valence electrons. The summed E-state index contributed by atoms with van der Waals surface area (Å²) < 4.78 is 1.51. The molecule has 3 atom stereocenters. The zero-order valence-electron chi connectivity index (χ0n) is 28.4. The fourth-order valence-corrected chi connectivity index (χ4v) is 6.60. The third kappa shape index (κ3) is 9.34. The van der Waals surface area contributed by atoms with E-state index in [9.17, 15) is 19.2 Å². The highest BCUT2D eigenvalue weighted by atomic mass is 32.1. The summed E-state index contributed by atoms with van der Waals surface area (Å²) in [4.78, 5) is 69.6. The standard InChI is InChI=1S/C35H43N9O4S/c1-21(2)15-27-34-41-29(20-49-34)33(47)40-26(16-24-9-7-6-8-10-24)32-37-23(5)42-44(32)19-31(46)39-28(22(3)4)17-43(18-30(45)38-27)35(48)25-11-13-36-14-12-25/h6-14,20-22,26-28H,15-19H2,1-5H3,(H,38,45)(H,39,46)(H,40,47)/t26-,27-,28+/m0/s1. The van der Waals surface area contributed by atoms with Gasteiger partial charge in [-0.25, -0.2) is 14.6 Å². The number of nitrogens with zero attached hydrogens (tertiary/aromatic N) is 6. The molecule has 0 radical (unpaired) electrons. The smallest absolute Gasteiger partial charge is 0.271 e. The Morgan fingerprint density at radius 2 is 1.63 bits per heavy atom. The molecule has 0 fully saturated rings. The summed E-state index contributed by atoms with van der Waals surface area (Å²) in [6.07, 6.45) is 4.02. The van der Waals surface area contributed by atoms with Crippen molar-refractivity contribution in [2.75, 3.05) is 13.1 Å². The Morgan fingerprint density at radius 1 is 0.918 bits per heavy atom. The number of pyridine rings is 1. The van der Waals surface area contributed by atoms with Gasteiger partial charge < -0.3 is 20.9 Å². The number of thiazole rings is 1. The van der Waals surface area contributed by atoms with E-state index in [-0.39, 0.29) is 54.9 Å². The lowest BCUT2D eigenvalue weighted by Gasteiger charge is -2.31. The first-order valence-corrected chi connectivity index (χ1v) is 17.3. The number of carbonyl (C=O) groups excluding carboxylic acids is 4. The Kier molecular flexibility index (Phi) is 11.5. The largest absolute Gasteiger partial charge is 0.350 e. The van der Waals surface area contributed by atoms with Crippen molar-refractivity contribution in [3.63, 3.8) is 0 Å². The Balaban J connectivity index is 1.56. The Labute approximate surface area is 289 Å². The van der Waals surface area contributed by atoms with Gasteiger partial charge in [0.1, 0.15) is 23.1 Å². The molecule has 1 aliphatic heterocycles. The van der Waals surface area contributed by atoms with Crippen molar-refractivity contribution in [3.05, 3.63) is 93.7 Å². The van der Waals surface area contributed by atoms with Crippen LogP contribution in [-0.4, -0.2) is 72.4 Å². The number of hydrogen-bond acceptors (Lipinski definition) is 9. The molecule has 13 nitrogen and oxygen atoms in total. The summed E-state index contributed by atoms with van der Waals surface area (Å²) in [5.74, 6) is -0.510. The van der Waals surface area contributed by atoms with Gasteiger partial charge in [0, 0.05) is 35.9 Å². The van der Waals surface area contributed by atoms with Gasteiger partial charge in [-0.15, -0.1) is 11.3 Å². The highest BCUT2D eigenvalue weighted by Crippen LogP contribution is 2.26. The Morgan fingerprint density at radius 3 is 2.33 bits per heavy atom. The molecule has 49 heavy (non-hydrogen) atoms. The first-order chi connectivity index (χ1) is 23.5. The lowest BCUT2D eigenvalue weighted by molar-refractivity contribution is -0.123. The number of nitrogens with one attached hydrogen (secondary N) is 3. The van der Waals surface area contributed by atoms with Crippen LogP contribution in [0, 0.1) is 18.8 Å². The first-order valence-electron chi connectivity index (χ1n) is 16.5. The molecular formula is C35H43N9O4S. The van der Waals surface area contributed by atoms with Crippen LogP contribution in [-0.2, 0) is 22.6 Å². The minimum Gasteiger partial charge on any atom is -0.350 e. The molecule has 0 unspecified atom stereocenters. The maximum atomic E-state index is 13.8. The van der Waals surface area contributed by atoms with Crippen molar-refractivity contribution < 1.29 is 19.2 Å². The van der Waals surface area contributed by atoms with Crippen LogP contribution in [0.3, 0.4) is 0 Å². The van der Waals surface area contributed by atoms with Crippen LogP contribution in [0.5, 0.6) is 0 Å². The predicted octanol–water partition coefficient (Wildman–Crippen LogP) is 3.65. The van der Waals surface area contributed by atoms with Crippen LogP contribution in [0.1, 0.15) is 89.3 Å². The second-order valence-electron chi connectivity index (χ2n) is 13.1. The van der Waals surface area contributed by atoms with Crippen LogP contribution in [0.4, 0.5) is 0 Å². The van der Waals surface area contributed by atoms with Gasteiger partial charge in [-0.2, -0.15) is 5.10 Å². The molecular weight excluding hydrogens is 643 g/mol. The topological polar surface area (TPSA) is 164 Å². The van der Waals surface area contributed by atoms with E-state index in [0.717, 1.165) is 5.56 Å². The van der Waals surface area contributed by atoms with Crippen LogP contribution in [0.15, 0.2) is 60.2 Å². The summed E-state index contributed by atoms with van der Waals surface area (Å²) in [5, 5.41) is 16.0. The molecule has 4 heterocycles. The average Bonchev–Trinajstić information content (AvgIpc) is 3.70. The van der Waals surface area contributed by atoms with Crippen molar-refractivity contribution in [3.8, 4) is 0 Å². The van der Waals surface area contributed by atoms with Gasteiger partial charge in [0.2, 0.25) is 11.8 Å². The number of amides is 4. The summed E-state index contributed by atoms with van der Waals surface area (Å²) in [5.41, 5.74) is 1.54. The van der Waals surface area contributed by atoms with Crippen LogP contribution >= 0.6 is 11.3 Å². The molecule has 5 rings (SSSR count). The highest BCUT2D eigenvalue weighted by molar-refractivity contribution is 7.09. The lowest BCUT2D eigenvalue weighted by Crippen LogP contribution is -2.51. The zero-order chi connectivity index (χ0) is 35.1. The second kappa shape index (κ2) is 15.9. The number of benzene rings is 1. The molecule has 4 amide bonds. The molecule has 1 aromatic carbocycles. The van der Waals surface area contributed by atoms with E-state index in [1.807, 2.05) is 58.0 Å². The van der Waals surface area contributed by atoms with Crippen molar-refractivity contribution in [2.45, 2.75) is 72.1 Å². The van der Waals surface area contributed by atoms with E-state index in [1.165, 1.54) is 33.3 Å². The van der Waals surface area contributed by atoms with Crippen molar-refractivity contribution in [1.82, 2.24) is 45.6 Å². The fourth-order valence-electron chi connectivity index (χ4n) is 5.74. The number of carbonyl (C=O) groups is 4. The Hall–Kier alpha value is -4.98. The van der Waals surface area contributed by atoms with Crippen molar-refractivity contribution >= 4 is 35.0 Å². The van der Waals surface area contributed by atoms with E-state index < -0.39 is 24.0 Å². The SMILES string of the molecule is Cc1nc2n(n1)CC(=O)N[C@@H](C(C)C)CN(C(=O)c1ccncc1)CC(=O)N[C@@H](CC(C)C)c1nc(cs1)C(=O)N[C@H]2Cc1ccccc1. The van der Waals surface area contributed by atoms with Gasteiger partial charge in [0.15, 0.2) is 5.82 Å². The van der Waals surface area contributed by atoms with Crippen molar-refractivity contribution in [2.24, 2.45) is 11.8 Å². The minimum atomic E-state index is -0.631. The van der Waals surface area contributed by atoms with Gasteiger partial charge in [-0.1, -0.05) is 58.0 Å². The first kappa shape index (κ1) is 35.3. The van der Waals surface area contributed by atoms with E-state index in [1.54, 1.807) is 24.4 Å². The summed E-state index contributed by atoms with van der Waals surface area (Å²) >= 11 is 1.29. The fraction of sp³-hybridized carbons (Fsp3) is 0.429. The molecule has 0 saturated heterocycles. The average molecular weight is 686 g/mol. The Bertz CT molecular complexity index is 1760. The monoisotopic (exact) mass is 685 g/mol. The minimum absolute atomic E-state index is 0.0875. The maximum Gasteiger partial charge on any atom is 0.271 e. The summed E-state index contributed by atoms with van der Waals surface area (Å²) in [6, 6.07) is 11.3. The molecule has 2 bridgehead atoms. The van der Waals surface area contributed by atoms with Gasteiger partial charge in [-0.3, -0.25) is 24.2 Å². The summed E-state index contributed by atoms with van der Waals surface area (Å²) in [6.45, 7) is 9.38. The molecule has 0 saturated carbocycles. The normalized spacial score (nSPS) is 19.4. The van der Waals surface area contributed by atoms with Crippen LogP contribution in [0.2, 0.25) is 0 Å². The third-order valence-corrected chi connectivity index (χ3v) is 9.17. The third-order valence-electron chi connectivity index (χ3n) is 8.21. The predicted molar refractivity (Wildman–Crippen MR) is 184 cm³/mol. The number of aryl methyl sites for hydroxylation is 1. The lowest BCUT2D eigenvalue weighted by atomic mass is 10.0. The molecule has 14 heteroatoms.